The Kier molecular flexibility index (Phi) is 5.09. The maximum atomic E-state index is 12.5. The van der Waals surface area contributed by atoms with Gasteiger partial charge < -0.3 is 5.32 Å². The lowest BCUT2D eigenvalue weighted by atomic mass is 10.0. The summed E-state index contributed by atoms with van der Waals surface area (Å²) in [4.78, 5) is 14.7. The minimum Gasteiger partial charge on any atom is -0.324 e. The lowest BCUT2D eigenvalue weighted by Crippen LogP contribution is -2.42. The van der Waals surface area contributed by atoms with E-state index in [0.29, 0.717) is 12.6 Å². The normalized spacial score (nSPS) is 18.6. The lowest BCUT2D eigenvalue weighted by molar-refractivity contribution is -0.118. The number of benzene rings is 2. The summed E-state index contributed by atoms with van der Waals surface area (Å²) >= 11 is 0. The largest absolute Gasteiger partial charge is 0.324 e. The van der Waals surface area contributed by atoms with Crippen molar-refractivity contribution in [3.05, 3.63) is 54.6 Å². The summed E-state index contributed by atoms with van der Waals surface area (Å²) in [5.74, 6) is 0.0714. The molecule has 120 valence electrons. The van der Waals surface area contributed by atoms with Crippen LogP contribution in [-0.4, -0.2) is 29.9 Å². The van der Waals surface area contributed by atoms with Crippen molar-refractivity contribution in [2.24, 2.45) is 0 Å². The Morgan fingerprint density at radius 3 is 2.61 bits per heavy atom. The van der Waals surface area contributed by atoms with Gasteiger partial charge >= 0.3 is 0 Å². The van der Waals surface area contributed by atoms with Crippen molar-refractivity contribution in [3.63, 3.8) is 0 Å². The van der Waals surface area contributed by atoms with Crippen molar-refractivity contribution in [2.45, 2.75) is 32.2 Å². The van der Waals surface area contributed by atoms with E-state index in [1.807, 2.05) is 36.4 Å². The highest BCUT2D eigenvalue weighted by Crippen LogP contribution is 2.27. The summed E-state index contributed by atoms with van der Waals surface area (Å²) < 4.78 is 0. The number of carbonyl (C=O) groups excluding carboxylic acids is 1. The highest BCUT2D eigenvalue weighted by atomic mass is 16.2. The van der Waals surface area contributed by atoms with Crippen molar-refractivity contribution in [1.29, 1.82) is 0 Å². The van der Waals surface area contributed by atoms with E-state index in [1.165, 1.54) is 19.3 Å². The first-order valence-corrected chi connectivity index (χ1v) is 8.42. The lowest BCUT2D eigenvalue weighted by Gasteiger charge is -2.32. The molecular weight excluding hydrogens is 284 g/mol. The number of nitrogens with zero attached hydrogens (tertiary/aromatic N) is 1. The van der Waals surface area contributed by atoms with Crippen LogP contribution in [0.15, 0.2) is 54.6 Å². The monoisotopic (exact) mass is 308 g/mol. The third-order valence-corrected chi connectivity index (χ3v) is 4.57. The van der Waals surface area contributed by atoms with Crippen molar-refractivity contribution >= 4 is 11.6 Å². The number of para-hydroxylation sites is 1. The second-order valence-corrected chi connectivity index (χ2v) is 6.28. The molecule has 1 fully saturated rings. The molecule has 1 amide bonds. The fraction of sp³-hybridized carbons (Fsp3) is 0.350. The third kappa shape index (κ3) is 3.99. The first kappa shape index (κ1) is 15.8. The molecule has 1 aliphatic heterocycles. The number of nitrogens with one attached hydrogen (secondary N) is 1. The molecular formula is C20H24N2O. The first-order valence-electron chi connectivity index (χ1n) is 8.42. The second kappa shape index (κ2) is 7.42. The molecule has 1 N–H and O–H groups in total. The SMILES string of the molecule is C[C@H]1CCCCN1CC(=O)Nc1ccccc1-c1ccccc1. The molecule has 2 aromatic rings. The second-order valence-electron chi connectivity index (χ2n) is 6.28. The number of amides is 1. The zero-order valence-corrected chi connectivity index (χ0v) is 13.7. The van der Waals surface area contributed by atoms with Crippen LogP contribution in [0.2, 0.25) is 0 Å². The molecule has 0 spiro atoms. The van der Waals surface area contributed by atoms with Gasteiger partial charge in [0, 0.05) is 17.3 Å². The molecule has 0 aliphatic carbocycles. The molecule has 3 heteroatoms. The van der Waals surface area contributed by atoms with Crippen LogP contribution in [0.25, 0.3) is 11.1 Å². The third-order valence-electron chi connectivity index (χ3n) is 4.57. The first-order chi connectivity index (χ1) is 11.2. The van der Waals surface area contributed by atoms with Crippen LogP contribution in [-0.2, 0) is 4.79 Å². The highest BCUT2D eigenvalue weighted by Gasteiger charge is 2.20. The maximum Gasteiger partial charge on any atom is 0.238 e. The van der Waals surface area contributed by atoms with Crippen LogP contribution in [0.3, 0.4) is 0 Å². The van der Waals surface area contributed by atoms with Gasteiger partial charge in [-0.05, 0) is 37.9 Å². The van der Waals surface area contributed by atoms with E-state index in [4.69, 9.17) is 0 Å². The topological polar surface area (TPSA) is 32.3 Å². The van der Waals surface area contributed by atoms with Crippen molar-refractivity contribution in [2.75, 3.05) is 18.4 Å². The zero-order chi connectivity index (χ0) is 16.1. The van der Waals surface area contributed by atoms with E-state index >= 15 is 0 Å². The van der Waals surface area contributed by atoms with E-state index in [-0.39, 0.29) is 5.91 Å². The van der Waals surface area contributed by atoms with Crippen LogP contribution < -0.4 is 5.32 Å². The van der Waals surface area contributed by atoms with E-state index in [1.54, 1.807) is 0 Å². The quantitative estimate of drug-likeness (QED) is 0.919. The summed E-state index contributed by atoms with van der Waals surface area (Å²) in [6.07, 6.45) is 3.65. The molecule has 1 saturated heterocycles. The predicted octanol–water partition coefficient (Wildman–Crippen LogP) is 4.17. The Morgan fingerprint density at radius 2 is 1.83 bits per heavy atom. The Bertz CT molecular complexity index is 654. The van der Waals surface area contributed by atoms with Gasteiger partial charge in [-0.1, -0.05) is 55.0 Å². The highest BCUT2D eigenvalue weighted by molar-refractivity contribution is 5.96. The zero-order valence-electron chi connectivity index (χ0n) is 13.7. The average Bonchev–Trinajstić information content (AvgIpc) is 2.58. The van der Waals surface area contributed by atoms with Crippen LogP contribution in [0.1, 0.15) is 26.2 Å². The minimum atomic E-state index is 0.0714. The molecule has 3 nitrogen and oxygen atoms in total. The van der Waals surface area contributed by atoms with Gasteiger partial charge in [-0.2, -0.15) is 0 Å². The molecule has 1 heterocycles. The molecule has 3 rings (SSSR count). The van der Waals surface area contributed by atoms with Crippen molar-refractivity contribution in [1.82, 2.24) is 4.90 Å². The molecule has 0 aromatic heterocycles. The van der Waals surface area contributed by atoms with Crippen LogP contribution in [0, 0.1) is 0 Å². The average molecular weight is 308 g/mol. The predicted molar refractivity (Wildman–Crippen MR) is 95.4 cm³/mol. The van der Waals surface area contributed by atoms with E-state index < -0.39 is 0 Å². The summed E-state index contributed by atoms with van der Waals surface area (Å²) in [7, 11) is 0. The maximum absolute atomic E-state index is 12.5. The van der Waals surface area contributed by atoms with E-state index in [0.717, 1.165) is 23.4 Å². The van der Waals surface area contributed by atoms with E-state index in [2.05, 4.69) is 35.3 Å². The van der Waals surface area contributed by atoms with Crippen LogP contribution >= 0.6 is 0 Å². The standard InChI is InChI=1S/C20H24N2O/c1-16-9-7-8-14-22(16)15-20(23)21-19-13-6-5-12-18(19)17-10-3-2-4-11-17/h2-6,10-13,16H,7-9,14-15H2,1H3,(H,21,23)/t16-/m0/s1. The fourth-order valence-corrected chi connectivity index (χ4v) is 3.23. The number of carbonyl (C=O) groups is 1. The summed E-state index contributed by atoms with van der Waals surface area (Å²) in [6, 6.07) is 18.7. The molecule has 23 heavy (non-hydrogen) atoms. The Hall–Kier alpha value is -2.13. The van der Waals surface area contributed by atoms with Gasteiger partial charge in [0.05, 0.1) is 6.54 Å². The molecule has 1 atom stereocenters. The molecule has 0 saturated carbocycles. The molecule has 2 aromatic carbocycles. The Balaban J connectivity index is 1.72. The number of likely N-dealkylation sites (tertiary alicyclic amines) is 1. The van der Waals surface area contributed by atoms with Gasteiger partial charge in [-0.15, -0.1) is 0 Å². The number of piperidine rings is 1. The molecule has 0 radical (unpaired) electrons. The number of rotatable bonds is 4. The van der Waals surface area contributed by atoms with Gasteiger partial charge in [0.1, 0.15) is 0 Å². The van der Waals surface area contributed by atoms with Crippen LogP contribution in [0.4, 0.5) is 5.69 Å². The smallest absolute Gasteiger partial charge is 0.238 e. The fourth-order valence-electron chi connectivity index (χ4n) is 3.23. The van der Waals surface area contributed by atoms with Gasteiger partial charge in [0.15, 0.2) is 0 Å². The number of hydrogen-bond donors (Lipinski definition) is 1. The number of hydrogen-bond acceptors (Lipinski definition) is 2. The Labute approximate surface area is 138 Å². The summed E-state index contributed by atoms with van der Waals surface area (Å²) in [5, 5.41) is 3.10. The van der Waals surface area contributed by atoms with Crippen LogP contribution in [0.5, 0.6) is 0 Å². The van der Waals surface area contributed by atoms with Crippen molar-refractivity contribution < 1.29 is 4.79 Å². The van der Waals surface area contributed by atoms with E-state index in [9.17, 15) is 4.79 Å². The van der Waals surface area contributed by atoms with Gasteiger partial charge in [-0.25, -0.2) is 0 Å². The molecule has 0 bridgehead atoms. The Morgan fingerprint density at radius 1 is 1.09 bits per heavy atom. The van der Waals surface area contributed by atoms with Gasteiger partial charge in [-0.3, -0.25) is 9.69 Å². The van der Waals surface area contributed by atoms with Gasteiger partial charge in [0.2, 0.25) is 5.91 Å². The summed E-state index contributed by atoms with van der Waals surface area (Å²) in [6.45, 7) is 3.71. The summed E-state index contributed by atoms with van der Waals surface area (Å²) in [5.41, 5.74) is 3.07. The molecule has 1 aliphatic rings. The van der Waals surface area contributed by atoms with Crippen molar-refractivity contribution in [3.8, 4) is 11.1 Å². The van der Waals surface area contributed by atoms with Gasteiger partial charge in [0.25, 0.3) is 0 Å². The minimum absolute atomic E-state index is 0.0714. The molecule has 0 unspecified atom stereocenters. The number of anilines is 1.